The Morgan fingerprint density at radius 3 is 1.89 bits per heavy atom. The number of aromatic amines is 1. The number of benzene rings is 5. The van der Waals surface area contributed by atoms with Crippen LogP contribution < -0.4 is 11.0 Å². The molecular formula is C38H36BN3O2. The van der Waals surface area contributed by atoms with E-state index in [2.05, 4.69) is 83.8 Å². The Bertz CT molecular complexity index is 2050. The second kappa shape index (κ2) is 11.7. The van der Waals surface area contributed by atoms with Crippen LogP contribution in [0.5, 0.6) is 0 Å². The number of H-pyrrole nitrogens is 1. The molecule has 6 aromatic rings. The molecule has 44 heavy (non-hydrogen) atoms. The van der Waals surface area contributed by atoms with Crippen molar-refractivity contribution >= 4 is 40.3 Å². The lowest BCUT2D eigenvalue weighted by molar-refractivity contribution is -0.0893. The van der Waals surface area contributed by atoms with Crippen LogP contribution in [0.25, 0.3) is 43.8 Å². The number of hydrogen-bond donors (Lipinski definition) is 3. The van der Waals surface area contributed by atoms with E-state index < -0.39 is 11.2 Å². The predicted molar refractivity (Wildman–Crippen MR) is 184 cm³/mol. The third-order valence-corrected chi connectivity index (χ3v) is 8.59. The van der Waals surface area contributed by atoms with Crippen LogP contribution in [0.4, 0.5) is 0 Å². The Morgan fingerprint density at radius 2 is 1.27 bits per heavy atom. The molecule has 0 saturated heterocycles. The van der Waals surface area contributed by atoms with Gasteiger partial charge in [0.25, 0.3) is 0 Å². The van der Waals surface area contributed by atoms with Crippen LogP contribution in [0.2, 0.25) is 0 Å². The smallest absolute Gasteiger partial charge is 0.309 e. The summed E-state index contributed by atoms with van der Waals surface area (Å²) >= 11 is 0. The van der Waals surface area contributed by atoms with Gasteiger partial charge in [0.2, 0.25) is 0 Å². The maximum Gasteiger partial charge on any atom is 0.309 e. The van der Waals surface area contributed by atoms with Gasteiger partial charge in [-0.1, -0.05) is 103 Å². The van der Waals surface area contributed by atoms with Crippen LogP contribution >= 0.6 is 0 Å². The van der Waals surface area contributed by atoms with E-state index in [1.807, 2.05) is 56.4 Å². The summed E-state index contributed by atoms with van der Waals surface area (Å²) in [5, 5.41) is 24.0. The summed E-state index contributed by atoms with van der Waals surface area (Å²) in [6.07, 6.45) is 1.96. The first kappa shape index (κ1) is 29.3. The monoisotopic (exact) mass is 577 g/mol. The lowest BCUT2D eigenvalue weighted by Crippen LogP contribution is -2.49. The molecule has 1 heterocycles. The van der Waals surface area contributed by atoms with Gasteiger partial charge in [-0.15, -0.1) is 0 Å². The lowest BCUT2D eigenvalue weighted by Gasteiger charge is -2.37. The normalized spacial score (nSPS) is 12.5. The maximum atomic E-state index is 10.4. The predicted octanol–water partition coefficient (Wildman–Crippen LogP) is 7.12. The molecule has 0 saturated carbocycles. The van der Waals surface area contributed by atoms with Crippen molar-refractivity contribution in [2.75, 3.05) is 0 Å². The van der Waals surface area contributed by atoms with Gasteiger partial charge in [0.05, 0.1) is 11.2 Å². The van der Waals surface area contributed by atoms with Crippen LogP contribution in [0, 0.1) is 5.41 Å². The molecule has 0 unspecified atom stereocenters. The molecule has 0 aliphatic carbocycles. The van der Waals surface area contributed by atoms with E-state index in [-0.39, 0.29) is 5.84 Å². The largest absolute Gasteiger partial charge is 0.427 e. The Labute approximate surface area is 258 Å². The summed E-state index contributed by atoms with van der Waals surface area (Å²) in [6, 6.07) is 39.4. The minimum Gasteiger partial charge on any atom is -0.427 e. The highest BCUT2D eigenvalue weighted by molar-refractivity contribution is 6.47. The van der Waals surface area contributed by atoms with Crippen molar-refractivity contribution in [1.29, 1.82) is 5.41 Å². The standard InChI is InChI=1S/C38H36BN3O2/c1-37(2,43)38(3,4)44-39-33-19-17-27(18-20-33)35(40)42-36-34(31-16-14-26-10-6-8-12-29(26)22-31)23-32(24-41-36)30-15-13-25-9-5-7-11-28(25)21-30/h5-24,39,43H,1-4H3,(H2,40,41,42). The summed E-state index contributed by atoms with van der Waals surface area (Å²) in [5.74, 6) is 0.158. The van der Waals surface area contributed by atoms with E-state index in [0.29, 0.717) is 18.5 Å². The van der Waals surface area contributed by atoms with Gasteiger partial charge >= 0.3 is 7.48 Å². The minimum atomic E-state index is -0.975. The molecule has 3 N–H and O–H groups in total. The first-order valence-electron chi connectivity index (χ1n) is 14.9. The second-order valence-electron chi connectivity index (χ2n) is 12.3. The molecule has 5 nitrogen and oxygen atoms in total. The molecule has 218 valence electrons. The summed E-state index contributed by atoms with van der Waals surface area (Å²) in [7, 11) is 0.359. The van der Waals surface area contributed by atoms with Crippen molar-refractivity contribution in [2.45, 2.75) is 38.9 Å². The number of amidine groups is 1. The van der Waals surface area contributed by atoms with Gasteiger partial charge in [-0.05, 0) is 84.1 Å². The third-order valence-electron chi connectivity index (χ3n) is 8.59. The molecular weight excluding hydrogens is 541 g/mol. The van der Waals surface area contributed by atoms with Crippen LogP contribution in [0.3, 0.4) is 0 Å². The molecule has 0 aliphatic heterocycles. The molecule has 1 aromatic heterocycles. The molecule has 0 radical (unpaired) electrons. The zero-order valence-corrected chi connectivity index (χ0v) is 25.6. The van der Waals surface area contributed by atoms with Crippen molar-refractivity contribution in [1.82, 2.24) is 4.98 Å². The molecule has 0 fully saturated rings. The highest BCUT2D eigenvalue weighted by Gasteiger charge is 2.35. The molecule has 0 amide bonds. The molecule has 0 aliphatic rings. The number of fused-ring (bicyclic) bond motifs is 2. The summed E-state index contributed by atoms with van der Waals surface area (Å²) in [4.78, 5) is 8.19. The van der Waals surface area contributed by atoms with E-state index >= 15 is 0 Å². The van der Waals surface area contributed by atoms with Gasteiger partial charge < -0.3 is 14.7 Å². The van der Waals surface area contributed by atoms with Crippen molar-refractivity contribution in [2.24, 2.45) is 4.99 Å². The number of aromatic nitrogens is 1. The number of hydrogen-bond acceptors (Lipinski definition) is 3. The molecule has 5 aromatic carbocycles. The SMILES string of the molecule is CC(C)(O)C(C)(C)OBc1ccc(C(=N)/N=c2\[nH]cc(-c3ccc4ccccc4c3)cc2-c2ccc3ccccc3c2)cc1. The van der Waals surface area contributed by atoms with E-state index in [4.69, 9.17) is 15.1 Å². The Morgan fingerprint density at radius 1 is 0.705 bits per heavy atom. The van der Waals surface area contributed by atoms with Crippen molar-refractivity contribution < 1.29 is 9.76 Å². The lowest BCUT2D eigenvalue weighted by atomic mass is 9.82. The molecule has 6 heteroatoms. The van der Waals surface area contributed by atoms with Gasteiger partial charge in [-0.3, -0.25) is 5.41 Å². The topological polar surface area (TPSA) is 81.5 Å². The second-order valence-corrected chi connectivity index (χ2v) is 12.3. The quantitative estimate of drug-likeness (QED) is 0.107. The first-order valence-corrected chi connectivity index (χ1v) is 14.9. The van der Waals surface area contributed by atoms with Crippen molar-refractivity contribution in [3.63, 3.8) is 0 Å². The van der Waals surface area contributed by atoms with E-state index in [1.54, 1.807) is 13.8 Å². The number of rotatable bonds is 7. The zero-order chi connectivity index (χ0) is 30.9. The average molecular weight is 578 g/mol. The van der Waals surface area contributed by atoms with Crippen LogP contribution in [0.1, 0.15) is 33.3 Å². The van der Waals surface area contributed by atoms with Crippen LogP contribution in [-0.4, -0.2) is 34.6 Å². The summed E-state index contributed by atoms with van der Waals surface area (Å²) < 4.78 is 6.01. The fourth-order valence-electron chi connectivity index (χ4n) is 5.07. The van der Waals surface area contributed by atoms with Crippen LogP contribution in [-0.2, 0) is 4.65 Å². The molecule has 0 atom stereocenters. The van der Waals surface area contributed by atoms with E-state index in [1.165, 1.54) is 16.2 Å². The fourth-order valence-corrected chi connectivity index (χ4v) is 5.07. The number of pyridine rings is 1. The molecule has 0 bridgehead atoms. The molecule has 0 spiro atoms. The number of nitrogens with zero attached hydrogens (tertiary/aromatic N) is 1. The van der Waals surface area contributed by atoms with Gasteiger partial charge in [0, 0.05) is 17.3 Å². The van der Waals surface area contributed by atoms with Crippen LogP contribution in [0.15, 0.2) is 126 Å². The summed E-state index contributed by atoms with van der Waals surface area (Å²) in [6.45, 7) is 7.25. The Balaban J connectivity index is 1.36. The first-order chi connectivity index (χ1) is 21.1. The highest BCUT2D eigenvalue weighted by Crippen LogP contribution is 2.28. The third kappa shape index (κ3) is 6.14. The fraction of sp³-hybridized carbons (Fsp3) is 0.158. The van der Waals surface area contributed by atoms with Gasteiger partial charge in [-0.25, -0.2) is 4.99 Å². The Hall–Kier alpha value is -4.78. The van der Waals surface area contributed by atoms with Crippen molar-refractivity contribution in [3.8, 4) is 22.3 Å². The highest BCUT2D eigenvalue weighted by atomic mass is 16.5. The molecule has 6 rings (SSSR count). The van der Waals surface area contributed by atoms with Gasteiger partial charge in [-0.2, -0.15) is 0 Å². The average Bonchev–Trinajstić information content (AvgIpc) is 3.03. The van der Waals surface area contributed by atoms with Gasteiger partial charge in [0.1, 0.15) is 5.49 Å². The minimum absolute atomic E-state index is 0.158. The maximum absolute atomic E-state index is 10.4. The van der Waals surface area contributed by atoms with Crippen molar-refractivity contribution in [3.05, 3.63) is 133 Å². The van der Waals surface area contributed by atoms with E-state index in [9.17, 15) is 5.11 Å². The zero-order valence-electron chi connectivity index (χ0n) is 25.6. The van der Waals surface area contributed by atoms with E-state index in [0.717, 1.165) is 33.1 Å². The Kier molecular flexibility index (Phi) is 7.81. The number of aliphatic hydroxyl groups is 1. The van der Waals surface area contributed by atoms with Gasteiger partial charge in [0.15, 0.2) is 5.84 Å². The summed E-state index contributed by atoms with van der Waals surface area (Å²) in [5.41, 5.74) is 4.69. The number of nitrogens with one attached hydrogen (secondary N) is 2.